The molecule has 0 radical (unpaired) electrons. The fourth-order valence-electron chi connectivity index (χ4n) is 6.67. The summed E-state index contributed by atoms with van der Waals surface area (Å²) < 4.78 is 36.9. The molecular formula is C17H25F3O. The maximum absolute atomic E-state index is 12.3. The summed E-state index contributed by atoms with van der Waals surface area (Å²) in [5.74, 6) is 0.508. The van der Waals surface area contributed by atoms with E-state index in [2.05, 4.69) is 13.8 Å². The first-order valence-electron chi connectivity index (χ1n) is 8.09. The van der Waals surface area contributed by atoms with E-state index < -0.39 is 12.6 Å². The first kappa shape index (κ1) is 15.4. The first-order valence-corrected chi connectivity index (χ1v) is 8.09. The van der Waals surface area contributed by atoms with E-state index in [1.165, 1.54) is 19.3 Å². The molecule has 0 aromatic rings. The molecule has 0 spiro atoms. The van der Waals surface area contributed by atoms with Gasteiger partial charge in [-0.15, -0.1) is 0 Å². The van der Waals surface area contributed by atoms with Gasteiger partial charge < -0.3 is 0 Å². The number of alkyl halides is 3. The van der Waals surface area contributed by atoms with Crippen molar-refractivity contribution < 1.29 is 18.0 Å². The van der Waals surface area contributed by atoms with Crippen LogP contribution < -0.4 is 0 Å². The SMILES string of the molecule is CC12CC3CC(C)(C1)CC(CC(=O)CCC(F)(F)F)(C3)C2. The lowest BCUT2D eigenvalue weighted by atomic mass is 9.39. The zero-order chi connectivity index (χ0) is 15.5. The summed E-state index contributed by atoms with van der Waals surface area (Å²) in [7, 11) is 0. The van der Waals surface area contributed by atoms with Gasteiger partial charge in [-0.1, -0.05) is 13.8 Å². The van der Waals surface area contributed by atoms with Gasteiger partial charge in [0.1, 0.15) is 5.78 Å². The Bertz CT molecular complexity index is 435. The van der Waals surface area contributed by atoms with Crippen LogP contribution in [0.25, 0.3) is 0 Å². The zero-order valence-electron chi connectivity index (χ0n) is 13.0. The molecule has 4 heteroatoms. The minimum absolute atomic E-state index is 0.00555. The first-order chi connectivity index (χ1) is 9.51. The summed E-state index contributed by atoms with van der Waals surface area (Å²) in [4.78, 5) is 12.1. The number of carbonyl (C=O) groups excluding carboxylic acids is 1. The average molecular weight is 302 g/mol. The van der Waals surface area contributed by atoms with Crippen LogP contribution in [0.2, 0.25) is 0 Å². The smallest absolute Gasteiger partial charge is 0.300 e. The highest BCUT2D eigenvalue weighted by molar-refractivity contribution is 5.79. The lowest BCUT2D eigenvalue weighted by Gasteiger charge is -2.65. The molecule has 4 bridgehead atoms. The minimum atomic E-state index is -4.21. The third-order valence-electron chi connectivity index (χ3n) is 6.00. The van der Waals surface area contributed by atoms with Crippen LogP contribution in [0, 0.1) is 22.2 Å². The van der Waals surface area contributed by atoms with Crippen LogP contribution in [-0.4, -0.2) is 12.0 Å². The molecular weight excluding hydrogens is 277 g/mol. The predicted molar refractivity (Wildman–Crippen MR) is 74.8 cm³/mol. The Morgan fingerprint density at radius 1 is 1.05 bits per heavy atom. The minimum Gasteiger partial charge on any atom is -0.300 e. The molecule has 0 saturated heterocycles. The van der Waals surface area contributed by atoms with Crippen molar-refractivity contribution in [2.24, 2.45) is 22.2 Å². The third-order valence-corrected chi connectivity index (χ3v) is 6.00. The predicted octanol–water partition coefficient (Wildman–Crippen LogP) is 5.28. The fourth-order valence-corrected chi connectivity index (χ4v) is 6.67. The molecule has 4 rings (SSSR count). The van der Waals surface area contributed by atoms with Crippen LogP contribution in [-0.2, 0) is 4.79 Å². The molecule has 0 aromatic heterocycles. The topological polar surface area (TPSA) is 17.1 Å². The molecule has 0 amide bonds. The van der Waals surface area contributed by atoms with Crippen molar-refractivity contribution >= 4 is 5.78 Å². The quantitative estimate of drug-likeness (QED) is 0.690. The van der Waals surface area contributed by atoms with Gasteiger partial charge in [0.25, 0.3) is 0 Å². The van der Waals surface area contributed by atoms with E-state index in [-0.39, 0.29) is 17.6 Å². The van der Waals surface area contributed by atoms with Crippen molar-refractivity contribution in [3.05, 3.63) is 0 Å². The fraction of sp³-hybridized carbons (Fsp3) is 0.941. The summed E-state index contributed by atoms with van der Waals surface area (Å²) in [6.45, 7) is 4.65. The Morgan fingerprint density at radius 2 is 1.62 bits per heavy atom. The number of ketones is 1. The van der Waals surface area contributed by atoms with Crippen LogP contribution in [0.5, 0.6) is 0 Å². The van der Waals surface area contributed by atoms with Gasteiger partial charge in [0.05, 0.1) is 6.42 Å². The van der Waals surface area contributed by atoms with E-state index >= 15 is 0 Å². The molecule has 0 aliphatic heterocycles. The summed E-state index contributed by atoms with van der Waals surface area (Å²) in [6, 6.07) is 0. The molecule has 1 nitrogen and oxygen atoms in total. The highest BCUT2D eigenvalue weighted by Crippen LogP contribution is 2.70. The van der Waals surface area contributed by atoms with Crippen molar-refractivity contribution in [2.45, 2.75) is 77.8 Å². The molecule has 4 aliphatic carbocycles. The highest BCUT2D eigenvalue weighted by Gasteiger charge is 2.60. The van der Waals surface area contributed by atoms with Crippen molar-refractivity contribution in [1.82, 2.24) is 0 Å². The Kier molecular flexibility index (Phi) is 3.28. The molecule has 0 N–H and O–H groups in total. The summed E-state index contributed by atoms with van der Waals surface area (Å²) in [6.07, 6.45) is 1.77. The molecule has 120 valence electrons. The average Bonchev–Trinajstić information content (AvgIpc) is 2.19. The van der Waals surface area contributed by atoms with E-state index in [0.717, 1.165) is 19.3 Å². The number of halogens is 3. The van der Waals surface area contributed by atoms with Crippen molar-refractivity contribution in [3.8, 4) is 0 Å². The van der Waals surface area contributed by atoms with Gasteiger partial charge in [0.2, 0.25) is 0 Å². The number of Topliss-reactive ketones (excluding diaryl/α,β-unsaturated/α-hetero) is 1. The van der Waals surface area contributed by atoms with Gasteiger partial charge in [-0.05, 0) is 60.7 Å². The second kappa shape index (κ2) is 4.48. The Hall–Kier alpha value is -0.540. The second-order valence-electron chi connectivity index (χ2n) is 8.96. The molecule has 4 saturated carbocycles. The van der Waals surface area contributed by atoms with Gasteiger partial charge >= 0.3 is 6.18 Å². The highest BCUT2D eigenvalue weighted by atomic mass is 19.4. The van der Waals surface area contributed by atoms with Crippen LogP contribution >= 0.6 is 0 Å². The Morgan fingerprint density at radius 3 is 2.10 bits per heavy atom. The van der Waals surface area contributed by atoms with Gasteiger partial charge in [0, 0.05) is 12.8 Å². The van der Waals surface area contributed by atoms with Crippen LogP contribution in [0.15, 0.2) is 0 Å². The van der Waals surface area contributed by atoms with E-state index in [9.17, 15) is 18.0 Å². The normalized spacial score (nSPS) is 45.1. The standard InChI is InChI=1S/C17H25F3O/c1-14-5-12-6-15(2,9-14)11-16(7-12,10-14)8-13(21)3-4-17(18,19)20/h12H,3-11H2,1-2H3. The van der Waals surface area contributed by atoms with Gasteiger partial charge in [0.15, 0.2) is 0 Å². The maximum Gasteiger partial charge on any atom is 0.389 e. The monoisotopic (exact) mass is 302 g/mol. The number of rotatable bonds is 4. The largest absolute Gasteiger partial charge is 0.389 e. The van der Waals surface area contributed by atoms with E-state index in [1.807, 2.05) is 0 Å². The maximum atomic E-state index is 12.3. The lowest BCUT2D eigenvalue weighted by Crippen LogP contribution is -2.55. The van der Waals surface area contributed by atoms with Crippen molar-refractivity contribution in [1.29, 1.82) is 0 Å². The van der Waals surface area contributed by atoms with Crippen LogP contribution in [0.1, 0.15) is 71.6 Å². The van der Waals surface area contributed by atoms with E-state index in [1.54, 1.807) is 0 Å². The summed E-state index contributed by atoms with van der Waals surface area (Å²) in [5, 5.41) is 0. The number of hydrogen-bond donors (Lipinski definition) is 0. The molecule has 0 aromatic carbocycles. The van der Waals surface area contributed by atoms with Gasteiger partial charge in [-0.3, -0.25) is 4.79 Å². The molecule has 0 heterocycles. The van der Waals surface area contributed by atoms with Crippen LogP contribution in [0.4, 0.5) is 13.2 Å². The van der Waals surface area contributed by atoms with E-state index in [4.69, 9.17) is 0 Å². The van der Waals surface area contributed by atoms with Crippen LogP contribution in [0.3, 0.4) is 0 Å². The molecule has 2 unspecified atom stereocenters. The van der Waals surface area contributed by atoms with Crippen molar-refractivity contribution in [2.75, 3.05) is 0 Å². The van der Waals surface area contributed by atoms with Gasteiger partial charge in [-0.25, -0.2) is 0 Å². The Labute approximate surface area is 124 Å². The van der Waals surface area contributed by atoms with Gasteiger partial charge in [-0.2, -0.15) is 13.2 Å². The summed E-state index contributed by atoms with van der Waals surface area (Å²) >= 11 is 0. The summed E-state index contributed by atoms with van der Waals surface area (Å²) in [5.41, 5.74) is 0.641. The molecule has 2 atom stereocenters. The molecule has 4 aliphatic rings. The lowest BCUT2D eigenvalue weighted by molar-refractivity contribution is -0.160. The molecule has 21 heavy (non-hydrogen) atoms. The van der Waals surface area contributed by atoms with Crippen molar-refractivity contribution in [3.63, 3.8) is 0 Å². The third kappa shape index (κ3) is 3.14. The second-order valence-corrected chi connectivity index (χ2v) is 8.96. The Balaban J connectivity index is 1.69. The number of hydrogen-bond acceptors (Lipinski definition) is 1. The van der Waals surface area contributed by atoms with E-state index in [0.29, 0.717) is 23.2 Å². The number of carbonyl (C=O) groups is 1. The zero-order valence-corrected chi connectivity index (χ0v) is 13.0. The molecule has 4 fully saturated rings.